The first kappa shape index (κ1) is 13.7. The monoisotopic (exact) mass is 299 g/mol. The summed E-state index contributed by atoms with van der Waals surface area (Å²) in [5.74, 6) is -1.44. The Bertz CT molecular complexity index is 649. The molecule has 0 aliphatic rings. The van der Waals surface area contributed by atoms with E-state index >= 15 is 0 Å². The number of nitrogens with two attached hydrogens (primary N) is 1. The summed E-state index contributed by atoms with van der Waals surface area (Å²) < 4.78 is 31.7. The highest BCUT2D eigenvalue weighted by molar-refractivity contribution is 7.80. The fourth-order valence-electron chi connectivity index (χ4n) is 1.50. The number of rotatable bonds is 3. The van der Waals surface area contributed by atoms with Gasteiger partial charge < -0.3 is 10.5 Å². The molecule has 2 N–H and O–H groups in total. The number of halogens is 3. The summed E-state index contributed by atoms with van der Waals surface area (Å²) in [6.45, 7) is 0. The maximum atomic E-state index is 13.5. The van der Waals surface area contributed by atoms with E-state index in [0.29, 0.717) is 10.6 Å². The van der Waals surface area contributed by atoms with Crippen LogP contribution >= 0.6 is 23.8 Å². The third kappa shape index (κ3) is 3.00. The van der Waals surface area contributed by atoms with Gasteiger partial charge in [0, 0.05) is 6.07 Å². The molecule has 0 amide bonds. The normalized spacial score (nSPS) is 10.3. The van der Waals surface area contributed by atoms with Gasteiger partial charge in [-0.05, 0) is 24.3 Å². The van der Waals surface area contributed by atoms with Crippen LogP contribution in [-0.4, -0.2) is 4.99 Å². The Balaban J connectivity index is 2.44. The van der Waals surface area contributed by atoms with E-state index in [1.807, 2.05) is 0 Å². The topological polar surface area (TPSA) is 35.2 Å². The van der Waals surface area contributed by atoms with Crippen LogP contribution in [0.15, 0.2) is 36.4 Å². The molecule has 0 heterocycles. The molecule has 0 saturated carbocycles. The van der Waals surface area contributed by atoms with Gasteiger partial charge in [0.25, 0.3) is 0 Å². The van der Waals surface area contributed by atoms with Crippen molar-refractivity contribution in [2.24, 2.45) is 5.73 Å². The molecule has 0 aliphatic carbocycles. The average Bonchev–Trinajstić information content (AvgIpc) is 2.32. The summed E-state index contributed by atoms with van der Waals surface area (Å²) in [5.41, 5.74) is 5.85. The van der Waals surface area contributed by atoms with E-state index in [1.165, 1.54) is 6.07 Å². The smallest absolute Gasteiger partial charge is 0.168 e. The van der Waals surface area contributed by atoms with Gasteiger partial charge in [-0.25, -0.2) is 8.78 Å². The SMILES string of the molecule is NC(=S)c1c(Cl)cccc1Oc1ccc(F)cc1F. The Morgan fingerprint density at radius 1 is 1.16 bits per heavy atom. The molecular weight excluding hydrogens is 292 g/mol. The highest BCUT2D eigenvalue weighted by Crippen LogP contribution is 2.31. The summed E-state index contributed by atoms with van der Waals surface area (Å²) >= 11 is 10.8. The van der Waals surface area contributed by atoms with Crippen molar-refractivity contribution in [1.29, 1.82) is 0 Å². The van der Waals surface area contributed by atoms with Gasteiger partial charge in [-0.15, -0.1) is 0 Å². The van der Waals surface area contributed by atoms with Crippen molar-refractivity contribution in [1.82, 2.24) is 0 Å². The van der Waals surface area contributed by atoms with Gasteiger partial charge in [0.1, 0.15) is 16.6 Å². The predicted octanol–water partition coefficient (Wildman–Crippen LogP) is 4.04. The third-order valence-corrected chi connectivity index (χ3v) is 2.85. The van der Waals surface area contributed by atoms with Gasteiger partial charge in [0.2, 0.25) is 0 Å². The second kappa shape index (κ2) is 5.50. The summed E-state index contributed by atoms with van der Waals surface area (Å²) in [7, 11) is 0. The third-order valence-electron chi connectivity index (χ3n) is 2.34. The Kier molecular flexibility index (Phi) is 3.97. The van der Waals surface area contributed by atoms with E-state index in [1.54, 1.807) is 18.2 Å². The zero-order valence-electron chi connectivity index (χ0n) is 9.49. The molecule has 0 aromatic heterocycles. The van der Waals surface area contributed by atoms with E-state index in [4.69, 9.17) is 34.3 Å². The Labute approximate surface area is 118 Å². The van der Waals surface area contributed by atoms with Gasteiger partial charge in [-0.3, -0.25) is 0 Å². The minimum Gasteiger partial charge on any atom is -0.453 e. The summed E-state index contributed by atoms with van der Waals surface area (Å²) in [6.07, 6.45) is 0. The van der Waals surface area contributed by atoms with Crippen LogP contribution in [0.2, 0.25) is 5.02 Å². The molecule has 2 aromatic carbocycles. The van der Waals surface area contributed by atoms with Crippen molar-refractivity contribution < 1.29 is 13.5 Å². The average molecular weight is 300 g/mol. The zero-order chi connectivity index (χ0) is 14.0. The molecule has 0 spiro atoms. The van der Waals surface area contributed by atoms with E-state index in [2.05, 4.69) is 0 Å². The minimum atomic E-state index is -0.825. The van der Waals surface area contributed by atoms with Crippen molar-refractivity contribution in [3.05, 3.63) is 58.6 Å². The predicted molar refractivity (Wildman–Crippen MR) is 73.8 cm³/mol. The quantitative estimate of drug-likeness (QED) is 0.869. The lowest BCUT2D eigenvalue weighted by Crippen LogP contribution is -2.11. The Hall–Kier alpha value is -1.72. The van der Waals surface area contributed by atoms with Crippen molar-refractivity contribution in [3.8, 4) is 11.5 Å². The van der Waals surface area contributed by atoms with Crippen LogP contribution in [0.25, 0.3) is 0 Å². The van der Waals surface area contributed by atoms with E-state index in [-0.39, 0.29) is 16.5 Å². The first-order valence-electron chi connectivity index (χ1n) is 5.20. The van der Waals surface area contributed by atoms with Crippen molar-refractivity contribution >= 4 is 28.8 Å². The highest BCUT2D eigenvalue weighted by atomic mass is 35.5. The first-order valence-corrected chi connectivity index (χ1v) is 5.99. The standard InChI is InChI=1S/C13H8ClF2NOS/c14-8-2-1-3-11(12(8)13(17)19)18-10-5-4-7(15)6-9(10)16/h1-6H,(H2,17,19). The first-order chi connectivity index (χ1) is 8.99. The highest BCUT2D eigenvalue weighted by Gasteiger charge is 2.14. The number of hydrogen-bond acceptors (Lipinski definition) is 2. The van der Waals surface area contributed by atoms with E-state index in [0.717, 1.165) is 12.1 Å². The number of thiocarbonyl (C=S) groups is 1. The van der Waals surface area contributed by atoms with Gasteiger partial charge in [-0.2, -0.15) is 0 Å². The maximum absolute atomic E-state index is 13.5. The number of hydrogen-bond donors (Lipinski definition) is 1. The van der Waals surface area contributed by atoms with Gasteiger partial charge in [-0.1, -0.05) is 29.9 Å². The molecule has 2 rings (SSSR count). The molecule has 0 fully saturated rings. The van der Waals surface area contributed by atoms with Crippen LogP contribution in [0.5, 0.6) is 11.5 Å². The molecule has 0 aliphatic heterocycles. The Morgan fingerprint density at radius 3 is 2.53 bits per heavy atom. The van der Waals surface area contributed by atoms with Crippen LogP contribution < -0.4 is 10.5 Å². The Morgan fingerprint density at radius 2 is 1.89 bits per heavy atom. The van der Waals surface area contributed by atoms with Crippen molar-refractivity contribution in [2.75, 3.05) is 0 Å². The lowest BCUT2D eigenvalue weighted by Gasteiger charge is -2.12. The molecule has 0 saturated heterocycles. The van der Waals surface area contributed by atoms with Gasteiger partial charge in [0.05, 0.1) is 10.6 Å². The van der Waals surface area contributed by atoms with E-state index < -0.39 is 11.6 Å². The largest absolute Gasteiger partial charge is 0.453 e. The molecule has 19 heavy (non-hydrogen) atoms. The molecule has 0 atom stereocenters. The molecule has 2 aromatic rings. The minimum absolute atomic E-state index is 0.0307. The van der Waals surface area contributed by atoms with Crippen LogP contribution in [0, 0.1) is 11.6 Å². The molecule has 2 nitrogen and oxygen atoms in total. The second-order valence-corrected chi connectivity index (χ2v) is 4.50. The number of benzene rings is 2. The molecule has 6 heteroatoms. The number of ether oxygens (including phenoxy) is 1. The fraction of sp³-hybridized carbons (Fsp3) is 0. The summed E-state index contributed by atoms with van der Waals surface area (Å²) in [6, 6.07) is 7.73. The lowest BCUT2D eigenvalue weighted by atomic mass is 10.2. The lowest BCUT2D eigenvalue weighted by molar-refractivity contribution is 0.437. The molecule has 0 unspecified atom stereocenters. The zero-order valence-corrected chi connectivity index (χ0v) is 11.1. The molecule has 98 valence electrons. The van der Waals surface area contributed by atoms with Crippen molar-refractivity contribution in [2.45, 2.75) is 0 Å². The second-order valence-electron chi connectivity index (χ2n) is 3.65. The van der Waals surface area contributed by atoms with E-state index in [9.17, 15) is 8.78 Å². The van der Waals surface area contributed by atoms with Crippen LogP contribution in [0.4, 0.5) is 8.78 Å². The molecular formula is C13H8ClF2NOS. The van der Waals surface area contributed by atoms with Gasteiger partial charge >= 0.3 is 0 Å². The summed E-state index contributed by atoms with van der Waals surface area (Å²) in [5, 5.41) is 0.299. The van der Waals surface area contributed by atoms with Crippen LogP contribution in [-0.2, 0) is 0 Å². The van der Waals surface area contributed by atoms with Gasteiger partial charge in [0.15, 0.2) is 11.6 Å². The summed E-state index contributed by atoms with van der Waals surface area (Å²) in [4.78, 5) is 0.0307. The maximum Gasteiger partial charge on any atom is 0.168 e. The van der Waals surface area contributed by atoms with Crippen molar-refractivity contribution in [3.63, 3.8) is 0 Å². The molecule has 0 radical (unpaired) electrons. The molecule has 0 bridgehead atoms. The van der Waals surface area contributed by atoms with Crippen LogP contribution in [0.1, 0.15) is 5.56 Å². The fourth-order valence-corrected chi connectivity index (χ4v) is 2.04. The van der Waals surface area contributed by atoms with Crippen LogP contribution in [0.3, 0.4) is 0 Å².